The lowest BCUT2D eigenvalue weighted by atomic mass is 10.2. The number of benzene rings is 1. The molecule has 2 aromatic rings. The molecule has 20 heavy (non-hydrogen) atoms. The molecule has 5 heteroatoms. The SMILES string of the molecule is CC(C)CNCc1cccc(F)c1Sc1ncccn1. The lowest BCUT2D eigenvalue weighted by Gasteiger charge is -2.11. The van der Waals surface area contributed by atoms with Crippen LogP contribution in [0.1, 0.15) is 19.4 Å². The first kappa shape index (κ1) is 14.9. The first-order valence-electron chi connectivity index (χ1n) is 6.60. The summed E-state index contributed by atoms with van der Waals surface area (Å²) in [6, 6.07) is 6.88. The molecule has 0 amide bonds. The van der Waals surface area contributed by atoms with Crippen LogP contribution < -0.4 is 5.32 Å². The molecule has 0 spiro atoms. The topological polar surface area (TPSA) is 37.8 Å². The zero-order chi connectivity index (χ0) is 14.4. The molecule has 0 aliphatic rings. The summed E-state index contributed by atoms with van der Waals surface area (Å²) in [5.41, 5.74) is 0.933. The summed E-state index contributed by atoms with van der Waals surface area (Å²) in [4.78, 5) is 8.85. The standard InChI is InChI=1S/C15H18FN3S/c1-11(2)9-17-10-12-5-3-6-13(16)14(12)20-15-18-7-4-8-19-15/h3-8,11,17H,9-10H2,1-2H3. The van der Waals surface area contributed by atoms with Gasteiger partial charge in [-0.05, 0) is 41.9 Å². The monoisotopic (exact) mass is 291 g/mol. The average Bonchev–Trinajstić information content (AvgIpc) is 2.43. The number of rotatable bonds is 6. The number of halogens is 1. The highest BCUT2D eigenvalue weighted by molar-refractivity contribution is 7.99. The number of nitrogens with zero attached hydrogens (tertiary/aromatic N) is 2. The molecule has 1 aromatic heterocycles. The van der Waals surface area contributed by atoms with Gasteiger partial charge in [0, 0.05) is 18.9 Å². The lowest BCUT2D eigenvalue weighted by molar-refractivity contribution is 0.543. The van der Waals surface area contributed by atoms with E-state index in [2.05, 4.69) is 29.1 Å². The normalized spacial score (nSPS) is 11.0. The van der Waals surface area contributed by atoms with E-state index in [-0.39, 0.29) is 5.82 Å². The molecule has 1 heterocycles. The van der Waals surface area contributed by atoms with E-state index in [4.69, 9.17) is 0 Å². The van der Waals surface area contributed by atoms with Crippen molar-refractivity contribution in [3.63, 3.8) is 0 Å². The van der Waals surface area contributed by atoms with Crippen molar-refractivity contribution in [2.75, 3.05) is 6.54 Å². The minimum atomic E-state index is -0.230. The van der Waals surface area contributed by atoms with Crippen molar-refractivity contribution in [3.05, 3.63) is 48.0 Å². The fourth-order valence-electron chi connectivity index (χ4n) is 1.73. The van der Waals surface area contributed by atoms with E-state index in [1.165, 1.54) is 17.8 Å². The molecule has 1 aromatic carbocycles. The van der Waals surface area contributed by atoms with Gasteiger partial charge in [0.25, 0.3) is 0 Å². The summed E-state index contributed by atoms with van der Waals surface area (Å²) in [7, 11) is 0. The van der Waals surface area contributed by atoms with Gasteiger partial charge in [0.15, 0.2) is 5.16 Å². The molecule has 0 aliphatic heterocycles. The van der Waals surface area contributed by atoms with Crippen molar-refractivity contribution in [2.24, 2.45) is 5.92 Å². The maximum atomic E-state index is 14.0. The summed E-state index contributed by atoms with van der Waals surface area (Å²) in [5, 5.41) is 3.89. The largest absolute Gasteiger partial charge is 0.312 e. The summed E-state index contributed by atoms with van der Waals surface area (Å²) in [5.74, 6) is 0.336. The Morgan fingerprint density at radius 2 is 1.95 bits per heavy atom. The fraction of sp³-hybridized carbons (Fsp3) is 0.333. The molecule has 0 bridgehead atoms. The van der Waals surface area contributed by atoms with E-state index < -0.39 is 0 Å². The molecule has 2 rings (SSSR count). The third-order valence-corrected chi connectivity index (χ3v) is 3.71. The molecule has 3 nitrogen and oxygen atoms in total. The van der Waals surface area contributed by atoms with Crippen molar-refractivity contribution < 1.29 is 4.39 Å². The van der Waals surface area contributed by atoms with Gasteiger partial charge in [-0.15, -0.1) is 0 Å². The zero-order valence-electron chi connectivity index (χ0n) is 11.6. The predicted octanol–water partition coefficient (Wildman–Crippen LogP) is 3.51. The molecule has 0 fully saturated rings. The highest BCUT2D eigenvalue weighted by Gasteiger charge is 2.11. The Labute approximate surface area is 123 Å². The van der Waals surface area contributed by atoms with Crippen molar-refractivity contribution in [1.29, 1.82) is 0 Å². The molecular formula is C15H18FN3S. The van der Waals surface area contributed by atoms with Gasteiger partial charge in [-0.1, -0.05) is 26.0 Å². The van der Waals surface area contributed by atoms with Crippen LogP contribution in [0, 0.1) is 11.7 Å². The molecule has 1 N–H and O–H groups in total. The summed E-state index contributed by atoms with van der Waals surface area (Å²) in [6.45, 7) is 5.84. The van der Waals surface area contributed by atoms with E-state index in [0.29, 0.717) is 22.5 Å². The lowest BCUT2D eigenvalue weighted by Crippen LogP contribution is -2.19. The number of hydrogen-bond acceptors (Lipinski definition) is 4. The summed E-state index contributed by atoms with van der Waals surface area (Å²) in [6.07, 6.45) is 3.32. The minimum Gasteiger partial charge on any atom is -0.312 e. The third-order valence-electron chi connectivity index (χ3n) is 2.65. The first-order chi connectivity index (χ1) is 9.66. The molecule has 0 aliphatic carbocycles. The Hall–Kier alpha value is -1.46. The second-order valence-corrected chi connectivity index (χ2v) is 5.86. The first-order valence-corrected chi connectivity index (χ1v) is 7.41. The van der Waals surface area contributed by atoms with Gasteiger partial charge in [-0.2, -0.15) is 0 Å². The Morgan fingerprint density at radius 3 is 2.65 bits per heavy atom. The highest BCUT2D eigenvalue weighted by atomic mass is 32.2. The molecule has 106 valence electrons. The Balaban J connectivity index is 2.14. The van der Waals surface area contributed by atoms with Gasteiger partial charge in [-0.3, -0.25) is 0 Å². The van der Waals surface area contributed by atoms with Gasteiger partial charge in [-0.25, -0.2) is 14.4 Å². The molecule has 0 atom stereocenters. The summed E-state index contributed by atoms with van der Waals surface area (Å²) < 4.78 is 14.0. The van der Waals surface area contributed by atoms with Crippen LogP contribution in [0.4, 0.5) is 4.39 Å². The van der Waals surface area contributed by atoms with Crippen molar-refractivity contribution in [1.82, 2.24) is 15.3 Å². The van der Waals surface area contributed by atoms with Crippen LogP contribution in [0.2, 0.25) is 0 Å². The van der Waals surface area contributed by atoms with Gasteiger partial charge in [0.1, 0.15) is 5.82 Å². The zero-order valence-corrected chi connectivity index (χ0v) is 12.5. The Morgan fingerprint density at radius 1 is 1.20 bits per heavy atom. The second-order valence-electron chi connectivity index (χ2n) is 4.89. The second kappa shape index (κ2) is 7.36. The number of nitrogens with one attached hydrogen (secondary N) is 1. The minimum absolute atomic E-state index is 0.230. The average molecular weight is 291 g/mol. The molecule has 0 unspecified atom stereocenters. The predicted molar refractivity (Wildman–Crippen MR) is 79.1 cm³/mol. The molecule has 0 radical (unpaired) electrons. The highest BCUT2D eigenvalue weighted by Crippen LogP contribution is 2.30. The van der Waals surface area contributed by atoms with E-state index in [0.717, 1.165) is 12.1 Å². The maximum Gasteiger partial charge on any atom is 0.192 e. The van der Waals surface area contributed by atoms with Crippen LogP contribution in [0.3, 0.4) is 0 Å². The van der Waals surface area contributed by atoms with Crippen molar-refractivity contribution >= 4 is 11.8 Å². The van der Waals surface area contributed by atoms with Crippen LogP contribution in [0.15, 0.2) is 46.7 Å². The van der Waals surface area contributed by atoms with Crippen molar-refractivity contribution in [3.8, 4) is 0 Å². The number of hydrogen-bond donors (Lipinski definition) is 1. The van der Waals surface area contributed by atoms with Crippen LogP contribution >= 0.6 is 11.8 Å². The van der Waals surface area contributed by atoms with Crippen LogP contribution in [-0.4, -0.2) is 16.5 Å². The van der Waals surface area contributed by atoms with Crippen LogP contribution in [0.25, 0.3) is 0 Å². The smallest absolute Gasteiger partial charge is 0.192 e. The van der Waals surface area contributed by atoms with E-state index in [1.54, 1.807) is 24.5 Å². The molecule has 0 saturated carbocycles. The number of aromatic nitrogens is 2. The van der Waals surface area contributed by atoms with Crippen LogP contribution in [-0.2, 0) is 6.54 Å². The van der Waals surface area contributed by atoms with E-state index in [1.807, 2.05) is 6.07 Å². The van der Waals surface area contributed by atoms with Crippen LogP contribution in [0.5, 0.6) is 0 Å². The van der Waals surface area contributed by atoms with Crippen molar-refractivity contribution in [2.45, 2.75) is 30.4 Å². The van der Waals surface area contributed by atoms with Gasteiger partial charge >= 0.3 is 0 Å². The van der Waals surface area contributed by atoms with Gasteiger partial charge < -0.3 is 5.32 Å². The maximum absolute atomic E-state index is 14.0. The quantitative estimate of drug-likeness (QED) is 0.827. The Bertz CT molecular complexity index is 546. The Kier molecular flexibility index (Phi) is 5.49. The fourth-order valence-corrected chi connectivity index (χ4v) is 2.58. The van der Waals surface area contributed by atoms with Gasteiger partial charge in [0.2, 0.25) is 0 Å². The molecular weight excluding hydrogens is 273 g/mol. The van der Waals surface area contributed by atoms with E-state index in [9.17, 15) is 4.39 Å². The van der Waals surface area contributed by atoms with E-state index >= 15 is 0 Å². The summed E-state index contributed by atoms with van der Waals surface area (Å²) >= 11 is 1.26. The third kappa shape index (κ3) is 4.28. The molecule has 0 saturated heterocycles. The van der Waals surface area contributed by atoms with Gasteiger partial charge in [0.05, 0.1) is 4.90 Å².